The quantitative estimate of drug-likeness (QED) is 0.662. The van der Waals surface area contributed by atoms with Gasteiger partial charge in [0.2, 0.25) is 0 Å². The van der Waals surface area contributed by atoms with Crippen LogP contribution in [0.5, 0.6) is 0 Å². The molecular formula is C12H16N2. The van der Waals surface area contributed by atoms with E-state index in [-0.39, 0.29) is 5.41 Å². The monoisotopic (exact) mass is 188 g/mol. The van der Waals surface area contributed by atoms with Crippen molar-refractivity contribution in [2.24, 2.45) is 5.41 Å². The number of rotatable bonds is 1. The number of fused-ring (bicyclic) bond motifs is 1. The second-order valence-electron chi connectivity index (χ2n) is 4.30. The molecule has 0 aliphatic carbocycles. The van der Waals surface area contributed by atoms with E-state index in [4.69, 9.17) is 0 Å². The van der Waals surface area contributed by atoms with Crippen molar-refractivity contribution in [3.05, 3.63) is 29.9 Å². The topological polar surface area (TPSA) is 17.8 Å². The molecule has 0 unspecified atom stereocenters. The normalized spacial score (nSPS) is 17.9. The first kappa shape index (κ1) is 9.25. The maximum absolute atomic E-state index is 4.38. The zero-order valence-electron chi connectivity index (χ0n) is 8.99. The molecule has 0 saturated carbocycles. The van der Waals surface area contributed by atoms with Crippen molar-refractivity contribution in [3.8, 4) is 0 Å². The van der Waals surface area contributed by atoms with Crippen LogP contribution in [0.4, 0.5) is 0 Å². The van der Waals surface area contributed by atoms with E-state index in [2.05, 4.69) is 54.8 Å². The van der Waals surface area contributed by atoms with E-state index in [1.807, 2.05) is 6.20 Å². The van der Waals surface area contributed by atoms with Crippen molar-refractivity contribution in [1.82, 2.24) is 9.55 Å². The predicted molar refractivity (Wildman–Crippen MR) is 59.8 cm³/mol. The van der Waals surface area contributed by atoms with Gasteiger partial charge >= 0.3 is 0 Å². The van der Waals surface area contributed by atoms with Crippen LogP contribution in [-0.2, 0) is 6.42 Å². The lowest BCUT2D eigenvalue weighted by molar-refractivity contribution is 0.632. The van der Waals surface area contributed by atoms with Crippen LogP contribution in [0.1, 0.15) is 32.3 Å². The van der Waals surface area contributed by atoms with E-state index < -0.39 is 0 Å². The molecule has 0 fully saturated rings. The van der Waals surface area contributed by atoms with Crippen molar-refractivity contribution in [2.75, 3.05) is 0 Å². The fourth-order valence-corrected chi connectivity index (χ4v) is 1.58. The van der Waals surface area contributed by atoms with E-state index >= 15 is 0 Å². The van der Waals surface area contributed by atoms with Crippen LogP contribution in [0, 0.1) is 5.41 Å². The highest BCUT2D eigenvalue weighted by Crippen LogP contribution is 2.24. The third-order valence-electron chi connectivity index (χ3n) is 2.58. The Kier molecular flexibility index (Phi) is 2.06. The van der Waals surface area contributed by atoms with Crippen molar-refractivity contribution in [2.45, 2.75) is 27.2 Å². The van der Waals surface area contributed by atoms with Gasteiger partial charge in [-0.05, 0) is 12.5 Å². The molecule has 2 heteroatoms. The summed E-state index contributed by atoms with van der Waals surface area (Å²) in [6.45, 7) is 6.54. The zero-order valence-corrected chi connectivity index (χ0v) is 8.99. The molecule has 1 aliphatic heterocycles. The van der Waals surface area contributed by atoms with Gasteiger partial charge in [-0.3, -0.25) is 0 Å². The molecule has 0 radical (unpaired) electrons. The largest absolute Gasteiger partial charge is 0.304 e. The molecule has 0 aromatic carbocycles. The van der Waals surface area contributed by atoms with Crippen LogP contribution < -0.4 is 0 Å². The fourth-order valence-electron chi connectivity index (χ4n) is 1.58. The minimum absolute atomic E-state index is 0.131. The van der Waals surface area contributed by atoms with Gasteiger partial charge in [0.1, 0.15) is 5.82 Å². The van der Waals surface area contributed by atoms with E-state index in [0.29, 0.717) is 0 Å². The van der Waals surface area contributed by atoms with Crippen molar-refractivity contribution < 1.29 is 0 Å². The van der Waals surface area contributed by atoms with E-state index in [0.717, 1.165) is 12.2 Å². The van der Waals surface area contributed by atoms with Crippen LogP contribution in [-0.4, -0.2) is 9.55 Å². The van der Waals surface area contributed by atoms with E-state index in [9.17, 15) is 0 Å². The summed E-state index contributed by atoms with van der Waals surface area (Å²) in [6.07, 6.45) is 11.6. The Morgan fingerprint density at radius 3 is 2.86 bits per heavy atom. The maximum atomic E-state index is 4.38. The second kappa shape index (κ2) is 3.12. The zero-order chi connectivity index (χ0) is 10.2. The Labute approximate surface area is 85.0 Å². The van der Waals surface area contributed by atoms with E-state index in [1.165, 1.54) is 5.69 Å². The molecule has 0 N–H and O–H groups in total. The molecular weight excluding hydrogens is 172 g/mol. The molecule has 2 nitrogen and oxygen atoms in total. The van der Waals surface area contributed by atoms with E-state index in [1.54, 1.807) is 0 Å². The third-order valence-corrected chi connectivity index (χ3v) is 2.58. The van der Waals surface area contributed by atoms with Gasteiger partial charge in [0, 0.05) is 23.5 Å². The highest BCUT2D eigenvalue weighted by Gasteiger charge is 2.14. The number of imidazole rings is 1. The summed E-state index contributed by atoms with van der Waals surface area (Å²) in [5.74, 6) is 1.03. The lowest BCUT2D eigenvalue weighted by Gasteiger charge is -2.11. The average molecular weight is 188 g/mol. The summed E-state index contributed by atoms with van der Waals surface area (Å²) in [7, 11) is 0. The molecule has 0 atom stereocenters. The molecule has 14 heavy (non-hydrogen) atoms. The smallest absolute Gasteiger partial charge is 0.136 e. The SMILES string of the molecule is CCc1cnc2n1C=CC(C)(C)C=C2. The van der Waals surface area contributed by atoms with Crippen LogP contribution in [0.25, 0.3) is 12.3 Å². The van der Waals surface area contributed by atoms with Gasteiger partial charge in [-0.1, -0.05) is 32.9 Å². The Morgan fingerprint density at radius 2 is 2.14 bits per heavy atom. The van der Waals surface area contributed by atoms with Crippen molar-refractivity contribution >= 4 is 12.3 Å². The predicted octanol–water partition coefficient (Wildman–Crippen LogP) is 2.97. The number of allylic oxidation sites excluding steroid dienone is 2. The Hall–Kier alpha value is -1.31. The van der Waals surface area contributed by atoms with Crippen LogP contribution in [0.15, 0.2) is 18.3 Å². The first-order chi connectivity index (χ1) is 6.62. The third kappa shape index (κ3) is 1.52. The summed E-state index contributed by atoms with van der Waals surface area (Å²) in [4.78, 5) is 4.38. The maximum Gasteiger partial charge on any atom is 0.136 e. The molecule has 2 heterocycles. The molecule has 0 spiro atoms. The van der Waals surface area contributed by atoms with Gasteiger partial charge < -0.3 is 4.57 Å². The van der Waals surface area contributed by atoms with Crippen molar-refractivity contribution in [3.63, 3.8) is 0 Å². The number of nitrogens with zero attached hydrogens (tertiary/aromatic N) is 2. The molecule has 74 valence electrons. The summed E-state index contributed by atoms with van der Waals surface area (Å²) in [5, 5.41) is 0. The molecule has 2 rings (SSSR count). The molecule has 1 aromatic rings. The highest BCUT2D eigenvalue weighted by atomic mass is 15.1. The number of aromatic nitrogens is 2. The fraction of sp³-hybridized carbons (Fsp3) is 0.417. The lowest BCUT2D eigenvalue weighted by Crippen LogP contribution is -2.01. The molecule has 0 amide bonds. The summed E-state index contributed by atoms with van der Waals surface area (Å²) >= 11 is 0. The Bertz CT molecular complexity index is 394. The minimum Gasteiger partial charge on any atom is -0.304 e. The highest BCUT2D eigenvalue weighted by molar-refractivity contribution is 5.52. The first-order valence-electron chi connectivity index (χ1n) is 5.07. The molecule has 1 aromatic heterocycles. The van der Waals surface area contributed by atoms with Gasteiger partial charge in [0.25, 0.3) is 0 Å². The first-order valence-corrected chi connectivity index (χ1v) is 5.07. The number of aryl methyl sites for hydroxylation is 1. The van der Waals surface area contributed by atoms with Gasteiger partial charge in [0.05, 0.1) is 0 Å². The summed E-state index contributed by atoms with van der Waals surface area (Å²) in [5.41, 5.74) is 1.39. The van der Waals surface area contributed by atoms with Gasteiger partial charge in [-0.25, -0.2) is 4.98 Å². The molecule has 1 aliphatic rings. The van der Waals surface area contributed by atoms with Crippen LogP contribution >= 0.6 is 0 Å². The van der Waals surface area contributed by atoms with Gasteiger partial charge in [-0.2, -0.15) is 0 Å². The Balaban J connectivity index is 2.50. The lowest BCUT2D eigenvalue weighted by atomic mass is 9.93. The average Bonchev–Trinajstić information content (AvgIpc) is 2.47. The van der Waals surface area contributed by atoms with Crippen LogP contribution in [0.2, 0.25) is 0 Å². The standard InChI is InChI=1S/C12H16N2/c1-4-10-9-13-11-5-6-12(2,3)7-8-14(10)11/h5-9H,4H2,1-3H3. The summed E-state index contributed by atoms with van der Waals surface area (Å²) < 4.78 is 2.16. The summed E-state index contributed by atoms with van der Waals surface area (Å²) in [6, 6.07) is 0. The Morgan fingerprint density at radius 1 is 1.36 bits per heavy atom. The molecule has 0 saturated heterocycles. The number of hydrogen-bond donors (Lipinski definition) is 0. The van der Waals surface area contributed by atoms with Gasteiger partial charge in [0.15, 0.2) is 0 Å². The minimum atomic E-state index is 0.131. The molecule has 0 bridgehead atoms. The second-order valence-corrected chi connectivity index (χ2v) is 4.30. The number of hydrogen-bond acceptors (Lipinski definition) is 1. The van der Waals surface area contributed by atoms with Crippen molar-refractivity contribution in [1.29, 1.82) is 0 Å². The van der Waals surface area contributed by atoms with Gasteiger partial charge in [-0.15, -0.1) is 0 Å². The van der Waals surface area contributed by atoms with Crippen LogP contribution in [0.3, 0.4) is 0 Å².